The fourth-order valence-corrected chi connectivity index (χ4v) is 3.53. The number of nitrogens with zero attached hydrogens (tertiary/aromatic N) is 3. The van der Waals surface area contributed by atoms with Crippen LogP contribution in [-0.2, 0) is 13.5 Å². The van der Waals surface area contributed by atoms with E-state index in [4.69, 9.17) is 14.4 Å². The molecular formula is C25H23N3O. The van der Waals surface area contributed by atoms with E-state index in [9.17, 15) is 0 Å². The Bertz CT molecular complexity index is 1210. The van der Waals surface area contributed by atoms with Gasteiger partial charge in [0.05, 0.1) is 23.2 Å². The molecule has 0 unspecified atom stereocenters. The summed E-state index contributed by atoms with van der Waals surface area (Å²) in [5.74, 6) is 1.71. The van der Waals surface area contributed by atoms with E-state index in [-0.39, 0.29) is 0 Å². The summed E-state index contributed by atoms with van der Waals surface area (Å²) in [7, 11) is 1.97. The third-order valence-corrected chi connectivity index (χ3v) is 5.01. The number of aromatic nitrogens is 2. The molecule has 0 amide bonds. The zero-order chi connectivity index (χ0) is 20.4. The van der Waals surface area contributed by atoms with Crippen LogP contribution in [0.2, 0.25) is 0 Å². The SMILES string of the molecule is C=Cc1cccc(C=C)c1/N=C/c1nc(-c2c(CC)oc3ccccc23)cn1C. The monoisotopic (exact) mass is 381 g/mol. The number of para-hydroxylation sites is 2. The molecule has 2 heterocycles. The van der Waals surface area contributed by atoms with Crippen LogP contribution in [0, 0.1) is 0 Å². The predicted octanol–water partition coefficient (Wildman–Crippen LogP) is 6.43. The summed E-state index contributed by atoms with van der Waals surface area (Å²) in [5, 5.41) is 1.08. The number of imidazole rings is 1. The van der Waals surface area contributed by atoms with Gasteiger partial charge >= 0.3 is 0 Å². The topological polar surface area (TPSA) is 43.3 Å². The fourth-order valence-electron chi connectivity index (χ4n) is 3.53. The van der Waals surface area contributed by atoms with E-state index in [2.05, 4.69) is 26.1 Å². The average molecular weight is 381 g/mol. The maximum absolute atomic E-state index is 6.04. The molecule has 4 rings (SSSR count). The largest absolute Gasteiger partial charge is 0.460 e. The number of furan rings is 1. The highest BCUT2D eigenvalue weighted by atomic mass is 16.3. The average Bonchev–Trinajstić information content (AvgIpc) is 3.31. The molecule has 0 spiro atoms. The number of hydrogen-bond donors (Lipinski definition) is 0. The number of benzene rings is 2. The van der Waals surface area contributed by atoms with Gasteiger partial charge in [-0.15, -0.1) is 0 Å². The third kappa shape index (κ3) is 3.34. The van der Waals surface area contributed by atoms with Crippen molar-refractivity contribution in [2.75, 3.05) is 0 Å². The van der Waals surface area contributed by atoms with Crippen molar-refractivity contribution in [1.29, 1.82) is 0 Å². The fraction of sp³-hybridized carbons (Fsp3) is 0.120. The molecule has 144 valence electrons. The van der Waals surface area contributed by atoms with E-state index >= 15 is 0 Å². The first kappa shape index (κ1) is 18.7. The van der Waals surface area contributed by atoms with Crippen LogP contribution in [0.1, 0.15) is 29.6 Å². The highest BCUT2D eigenvalue weighted by Gasteiger charge is 2.17. The Hall–Kier alpha value is -3.66. The van der Waals surface area contributed by atoms with Crippen molar-refractivity contribution in [3.05, 3.63) is 84.5 Å². The van der Waals surface area contributed by atoms with Crippen molar-refractivity contribution in [1.82, 2.24) is 9.55 Å². The zero-order valence-electron chi connectivity index (χ0n) is 16.7. The molecule has 0 aliphatic heterocycles. The first-order valence-electron chi connectivity index (χ1n) is 9.62. The van der Waals surface area contributed by atoms with Gasteiger partial charge in [-0.25, -0.2) is 4.98 Å². The van der Waals surface area contributed by atoms with E-state index in [1.165, 1.54) is 0 Å². The summed E-state index contributed by atoms with van der Waals surface area (Å²) in [4.78, 5) is 9.54. The smallest absolute Gasteiger partial charge is 0.151 e. The molecule has 2 aromatic heterocycles. The van der Waals surface area contributed by atoms with Gasteiger partial charge in [-0.1, -0.05) is 68.6 Å². The van der Waals surface area contributed by atoms with Crippen molar-refractivity contribution in [2.45, 2.75) is 13.3 Å². The lowest BCUT2D eigenvalue weighted by Gasteiger charge is -2.04. The van der Waals surface area contributed by atoms with Crippen molar-refractivity contribution in [3.63, 3.8) is 0 Å². The summed E-state index contributed by atoms with van der Waals surface area (Å²) in [6, 6.07) is 14.0. The Kier molecular flexibility index (Phi) is 5.00. The molecule has 0 fully saturated rings. The normalized spacial score (nSPS) is 11.4. The summed E-state index contributed by atoms with van der Waals surface area (Å²) >= 11 is 0. The van der Waals surface area contributed by atoms with Gasteiger partial charge in [0.2, 0.25) is 0 Å². The molecule has 0 N–H and O–H groups in total. The Morgan fingerprint density at radius 3 is 2.48 bits per heavy atom. The Balaban J connectivity index is 1.79. The Morgan fingerprint density at radius 2 is 1.79 bits per heavy atom. The minimum Gasteiger partial charge on any atom is -0.460 e. The highest BCUT2D eigenvalue weighted by Crippen LogP contribution is 2.34. The van der Waals surface area contributed by atoms with E-state index in [0.29, 0.717) is 0 Å². The maximum Gasteiger partial charge on any atom is 0.151 e. The predicted molar refractivity (Wildman–Crippen MR) is 122 cm³/mol. The molecule has 4 heteroatoms. The number of fused-ring (bicyclic) bond motifs is 1. The van der Waals surface area contributed by atoms with Crippen LogP contribution in [0.15, 0.2) is 71.2 Å². The molecular weight excluding hydrogens is 358 g/mol. The van der Waals surface area contributed by atoms with Gasteiger partial charge in [-0.2, -0.15) is 0 Å². The summed E-state index contributed by atoms with van der Waals surface area (Å²) in [5.41, 5.74) is 5.58. The molecule has 0 aliphatic carbocycles. The second-order valence-electron chi connectivity index (χ2n) is 6.80. The van der Waals surface area contributed by atoms with Crippen LogP contribution in [0.4, 0.5) is 5.69 Å². The van der Waals surface area contributed by atoms with Crippen molar-refractivity contribution in [3.8, 4) is 11.3 Å². The molecule has 2 aromatic carbocycles. The van der Waals surface area contributed by atoms with Crippen LogP contribution in [0.25, 0.3) is 34.4 Å². The van der Waals surface area contributed by atoms with Gasteiger partial charge in [0.15, 0.2) is 5.82 Å². The Morgan fingerprint density at radius 1 is 1.07 bits per heavy atom. The molecule has 4 aromatic rings. The van der Waals surface area contributed by atoms with Crippen molar-refractivity contribution >= 4 is 35.0 Å². The second-order valence-corrected chi connectivity index (χ2v) is 6.80. The van der Waals surface area contributed by atoms with Gasteiger partial charge in [-0.05, 0) is 6.07 Å². The van der Waals surface area contributed by atoms with E-state index in [0.717, 1.165) is 57.0 Å². The van der Waals surface area contributed by atoms with Crippen LogP contribution in [0.5, 0.6) is 0 Å². The minimum atomic E-state index is 0.765. The molecule has 0 aliphatic rings. The molecule has 29 heavy (non-hydrogen) atoms. The summed E-state index contributed by atoms with van der Waals surface area (Å²) in [6.45, 7) is 9.86. The van der Waals surface area contributed by atoms with Crippen molar-refractivity contribution in [2.24, 2.45) is 12.0 Å². The highest BCUT2D eigenvalue weighted by molar-refractivity contribution is 5.95. The van der Waals surface area contributed by atoms with Crippen LogP contribution in [0.3, 0.4) is 0 Å². The number of hydrogen-bond acceptors (Lipinski definition) is 3. The molecule has 4 nitrogen and oxygen atoms in total. The first-order chi connectivity index (χ1) is 14.2. The van der Waals surface area contributed by atoms with E-state index in [1.54, 1.807) is 18.4 Å². The minimum absolute atomic E-state index is 0.765. The van der Waals surface area contributed by atoms with Crippen LogP contribution in [-0.4, -0.2) is 15.8 Å². The lowest BCUT2D eigenvalue weighted by molar-refractivity contribution is 0.558. The summed E-state index contributed by atoms with van der Waals surface area (Å²) < 4.78 is 8.01. The van der Waals surface area contributed by atoms with E-state index < -0.39 is 0 Å². The van der Waals surface area contributed by atoms with Gasteiger partial charge in [-0.3, -0.25) is 4.99 Å². The molecule has 0 saturated carbocycles. The quantitative estimate of drug-likeness (QED) is 0.361. The molecule has 0 atom stereocenters. The van der Waals surface area contributed by atoms with Gasteiger partial charge in [0.25, 0.3) is 0 Å². The lowest BCUT2D eigenvalue weighted by Crippen LogP contribution is -1.95. The van der Waals surface area contributed by atoms with Gasteiger partial charge in [0, 0.05) is 36.2 Å². The molecule has 0 radical (unpaired) electrons. The number of aliphatic imine (C=N–C) groups is 1. The molecule has 0 bridgehead atoms. The third-order valence-electron chi connectivity index (χ3n) is 5.01. The second kappa shape index (κ2) is 7.76. The number of rotatable bonds is 6. The maximum atomic E-state index is 6.04. The standard InChI is InChI=1S/C25H23N3O/c1-5-17-11-10-12-18(6-2)25(17)26-15-23-27-20(16-28(23)4)24-19-13-8-9-14-22(19)29-21(24)7-3/h5-6,8-16H,1-2,7H2,3-4H3/b26-15+. The van der Waals surface area contributed by atoms with Crippen molar-refractivity contribution < 1.29 is 4.42 Å². The number of aryl methyl sites for hydroxylation is 2. The summed E-state index contributed by atoms with van der Waals surface area (Å²) in [6.07, 6.45) is 8.21. The molecule has 0 saturated heterocycles. The van der Waals surface area contributed by atoms with Gasteiger partial charge in [0.1, 0.15) is 11.3 Å². The lowest BCUT2D eigenvalue weighted by atomic mass is 10.1. The van der Waals surface area contributed by atoms with Gasteiger partial charge < -0.3 is 8.98 Å². The van der Waals surface area contributed by atoms with Crippen LogP contribution < -0.4 is 0 Å². The van der Waals surface area contributed by atoms with Crippen LogP contribution >= 0.6 is 0 Å². The van der Waals surface area contributed by atoms with E-state index in [1.807, 2.05) is 54.2 Å². The first-order valence-corrected chi connectivity index (χ1v) is 9.62. The Labute approximate surface area is 170 Å². The zero-order valence-corrected chi connectivity index (χ0v) is 16.7.